The van der Waals surface area contributed by atoms with Crippen molar-refractivity contribution >= 4 is 13.6 Å². The molecule has 0 aromatic heterocycles. The van der Waals surface area contributed by atoms with Crippen molar-refractivity contribution < 1.29 is 23.7 Å². The summed E-state index contributed by atoms with van der Waals surface area (Å²) < 4.78 is 14.9. The molecule has 0 aliphatic carbocycles. The lowest BCUT2D eigenvalue weighted by Gasteiger charge is -2.09. The molecule has 0 unspecified atom stereocenters. The van der Waals surface area contributed by atoms with Gasteiger partial charge in [-0.1, -0.05) is 12.1 Å². The number of ketones is 1. The number of carbonyl (C=O) groups excluding carboxylic acids is 1. The third kappa shape index (κ3) is 5.10. The third-order valence-electron chi connectivity index (χ3n) is 2.13. The Kier molecular flexibility index (Phi) is 4.42. The summed E-state index contributed by atoms with van der Waals surface area (Å²) in [4.78, 5) is 28.1. The topological polar surface area (TPSA) is 110 Å². The van der Waals surface area contributed by atoms with Crippen molar-refractivity contribution in [2.75, 3.05) is 0 Å². The van der Waals surface area contributed by atoms with E-state index in [1.54, 1.807) is 12.1 Å². The number of hydrogen-bond acceptors (Lipinski definition) is 4. The van der Waals surface area contributed by atoms with Gasteiger partial charge in [0, 0.05) is 0 Å². The number of Topliss-reactive ketones (excluding diaryl/α,β-unsaturated/α-hetero) is 1. The van der Waals surface area contributed by atoms with Crippen LogP contribution in [0.1, 0.15) is 12.5 Å². The molecule has 0 aliphatic rings. The summed E-state index contributed by atoms with van der Waals surface area (Å²) in [5, 5.41) is 0. The molecule has 17 heavy (non-hydrogen) atoms. The molecular weight excluding hydrogens is 245 g/mol. The van der Waals surface area contributed by atoms with E-state index in [9.17, 15) is 9.36 Å². The normalized spacial score (nSPS) is 13.2. The summed E-state index contributed by atoms with van der Waals surface area (Å²) in [7, 11) is -4.52. The maximum absolute atomic E-state index is 10.9. The molecule has 1 atom stereocenters. The van der Waals surface area contributed by atoms with Crippen molar-refractivity contribution in [2.45, 2.75) is 19.4 Å². The van der Waals surface area contributed by atoms with E-state index < -0.39 is 13.9 Å². The molecule has 0 bridgehead atoms. The van der Waals surface area contributed by atoms with Crippen molar-refractivity contribution in [3.63, 3.8) is 0 Å². The van der Waals surface area contributed by atoms with Crippen molar-refractivity contribution in [2.24, 2.45) is 5.73 Å². The van der Waals surface area contributed by atoms with Gasteiger partial charge < -0.3 is 10.3 Å². The van der Waals surface area contributed by atoms with E-state index in [-0.39, 0.29) is 11.5 Å². The molecular formula is C10H14NO5P. The molecule has 0 saturated heterocycles. The Hall–Kier alpha value is -1.20. The van der Waals surface area contributed by atoms with E-state index >= 15 is 0 Å². The van der Waals surface area contributed by atoms with Crippen LogP contribution in [0, 0.1) is 0 Å². The lowest BCUT2D eigenvalue weighted by Crippen LogP contribution is -2.30. The molecule has 0 heterocycles. The molecule has 1 rings (SSSR count). The Morgan fingerprint density at radius 1 is 1.41 bits per heavy atom. The SMILES string of the molecule is CC(=O)[C@@H](N)Cc1ccc(OP(=O)(O)O)cc1. The maximum atomic E-state index is 10.9. The average Bonchev–Trinajstić information content (AvgIpc) is 2.18. The predicted octanol–water partition coefficient (Wildman–Crippen LogP) is 0.617. The average molecular weight is 259 g/mol. The zero-order valence-electron chi connectivity index (χ0n) is 9.24. The second-order valence-electron chi connectivity index (χ2n) is 3.65. The van der Waals surface area contributed by atoms with Crippen LogP contribution in [0.25, 0.3) is 0 Å². The van der Waals surface area contributed by atoms with E-state index in [0.717, 1.165) is 5.56 Å². The van der Waals surface area contributed by atoms with Gasteiger partial charge in [-0.3, -0.25) is 14.6 Å². The fourth-order valence-electron chi connectivity index (χ4n) is 1.22. The van der Waals surface area contributed by atoms with Gasteiger partial charge in [0.15, 0.2) is 0 Å². The van der Waals surface area contributed by atoms with Crippen LogP contribution in [-0.4, -0.2) is 21.6 Å². The Morgan fingerprint density at radius 3 is 2.35 bits per heavy atom. The second-order valence-corrected chi connectivity index (χ2v) is 4.81. The van der Waals surface area contributed by atoms with Gasteiger partial charge in [-0.05, 0) is 31.0 Å². The first-order valence-corrected chi connectivity index (χ1v) is 6.41. The minimum Gasteiger partial charge on any atom is -0.404 e. The molecule has 1 aromatic rings. The minimum absolute atomic E-state index is 0.0680. The van der Waals surface area contributed by atoms with Crippen LogP contribution < -0.4 is 10.3 Å². The zero-order chi connectivity index (χ0) is 13.1. The molecule has 0 radical (unpaired) electrons. The molecule has 0 fully saturated rings. The highest BCUT2D eigenvalue weighted by atomic mass is 31.2. The molecule has 94 valence electrons. The van der Waals surface area contributed by atoms with Crippen LogP contribution in [0.5, 0.6) is 5.75 Å². The Morgan fingerprint density at radius 2 is 1.94 bits per heavy atom. The fourth-order valence-corrected chi connectivity index (χ4v) is 1.62. The van der Waals surface area contributed by atoms with Gasteiger partial charge in [-0.25, -0.2) is 4.57 Å². The first-order chi connectivity index (χ1) is 7.78. The summed E-state index contributed by atoms with van der Waals surface area (Å²) in [6.07, 6.45) is 0.380. The lowest BCUT2D eigenvalue weighted by atomic mass is 10.0. The predicted molar refractivity (Wildman–Crippen MR) is 61.5 cm³/mol. The van der Waals surface area contributed by atoms with Gasteiger partial charge in [0.05, 0.1) is 6.04 Å². The largest absolute Gasteiger partial charge is 0.524 e. The number of benzene rings is 1. The molecule has 0 saturated carbocycles. The smallest absolute Gasteiger partial charge is 0.404 e. The van der Waals surface area contributed by atoms with E-state index in [1.165, 1.54) is 19.1 Å². The Balaban J connectivity index is 2.68. The molecule has 0 aliphatic heterocycles. The summed E-state index contributed by atoms with van der Waals surface area (Å²) in [5.41, 5.74) is 6.38. The monoisotopic (exact) mass is 259 g/mol. The molecule has 7 heteroatoms. The second kappa shape index (κ2) is 5.42. The van der Waals surface area contributed by atoms with Gasteiger partial charge in [0.25, 0.3) is 0 Å². The zero-order valence-corrected chi connectivity index (χ0v) is 10.1. The first-order valence-electron chi connectivity index (χ1n) is 4.88. The molecule has 0 amide bonds. The summed E-state index contributed by atoms with van der Waals surface area (Å²) in [6.45, 7) is 1.41. The van der Waals surface area contributed by atoms with Crippen LogP contribution in [0.15, 0.2) is 24.3 Å². The van der Waals surface area contributed by atoms with Crippen molar-refractivity contribution in [3.8, 4) is 5.75 Å². The van der Waals surface area contributed by atoms with Gasteiger partial charge in [0.1, 0.15) is 11.5 Å². The van der Waals surface area contributed by atoms with Crippen molar-refractivity contribution in [1.29, 1.82) is 0 Å². The van der Waals surface area contributed by atoms with E-state index in [1.807, 2.05) is 0 Å². The van der Waals surface area contributed by atoms with Crippen LogP contribution >= 0.6 is 7.82 Å². The highest BCUT2D eigenvalue weighted by Crippen LogP contribution is 2.37. The summed E-state index contributed by atoms with van der Waals surface area (Å²) in [6, 6.07) is 5.48. The van der Waals surface area contributed by atoms with Gasteiger partial charge in [-0.15, -0.1) is 0 Å². The number of carbonyl (C=O) groups is 1. The minimum atomic E-state index is -4.52. The third-order valence-corrected chi connectivity index (χ3v) is 2.57. The molecule has 0 spiro atoms. The Bertz CT molecular complexity index is 439. The molecule has 6 nitrogen and oxygen atoms in total. The van der Waals surface area contributed by atoms with Crippen LogP contribution in [0.2, 0.25) is 0 Å². The number of phosphoric acid groups is 1. The standard InChI is InChI=1S/C10H14NO5P/c1-7(12)10(11)6-8-2-4-9(5-3-8)16-17(13,14)15/h2-5,10H,6,11H2,1H3,(H2,13,14,15)/t10-/m0/s1. The lowest BCUT2D eigenvalue weighted by molar-refractivity contribution is -0.118. The Labute approximate surface area is 98.6 Å². The molecule has 1 aromatic carbocycles. The highest BCUT2D eigenvalue weighted by Gasteiger charge is 2.15. The quantitative estimate of drug-likeness (QED) is 0.668. The number of nitrogens with two attached hydrogens (primary N) is 1. The van der Waals surface area contributed by atoms with Crippen LogP contribution in [0.4, 0.5) is 0 Å². The maximum Gasteiger partial charge on any atom is 0.524 e. The van der Waals surface area contributed by atoms with Gasteiger partial charge in [-0.2, -0.15) is 0 Å². The van der Waals surface area contributed by atoms with E-state index in [4.69, 9.17) is 15.5 Å². The number of rotatable bonds is 5. The molecule has 4 N–H and O–H groups in total. The first kappa shape index (κ1) is 13.9. The summed E-state index contributed by atoms with van der Waals surface area (Å²) in [5.74, 6) is -0.0426. The van der Waals surface area contributed by atoms with Gasteiger partial charge >= 0.3 is 7.82 Å². The van der Waals surface area contributed by atoms with Crippen molar-refractivity contribution in [1.82, 2.24) is 0 Å². The van der Waals surface area contributed by atoms with E-state index in [2.05, 4.69) is 4.52 Å². The van der Waals surface area contributed by atoms with Crippen molar-refractivity contribution in [3.05, 3.63) is 29.8 Å². The summed E-state index contributed by atoms with van der Waals surface area (Å²) >= 11 is 0. The number of hydrogen-bond donors (Lipinski definition) is 3. The number of phosphoric ester groups is 1. The fraction of sp³-hybridized carbons (Fsp3) is 0.300. The van der Waals surface area contributed by atoms with Crippen LogP contribution in [-0.2, 0) is 15.8 Å². The van der Waals surface area contributed by atoms with Gasteiger partial charge in [0.2, 0.25) is 0 Å². The van der Waals surface area contributed by atoms with E-state index in [0.29, 0.717) is 6.42 Å². The van der Waals surface area contributed by atoms with Crippen LogP contribution in [0.3, 0.4) is 0 Å². The highest BCUT2D eigenvalue weighted by molar-refractivity contribution is 7.46.